The van der Waals surface area contributed by atoms with Crippen LogP contribution in [0, 0.1) is 19.7 Å². The summed E-state index contributed by atoms with van der Waals surface area (Å²) in [6.45, 7) is 3.50. The van der Waals surface area contributed by atoms with Crippen molar-refractivity contribution in [3.05, 3.63) is 52.6 Å². The second kappa shape index (κ2) is 5.77. The van der Waals surface area contributed by atoms with Gasteiger partial charge in [-0.1, -0.05) is 6.07 Å². The highest BCUT2D eigenvalue weighted by atomic mass is 19.1. The Morgan fingerprint density at radius 3 is 2.65 bits per heavy atom. The number of benzene rings is 1. The van der Waals surface area contributed by atoms with Gasteiger partial charge in [0.05, 0.1) is 18.5 Å². The number of ether oxygens (including phenoxy) is 1. The smallest absolute Gasteiger partial charge is 0.169 e. The zero-order valence-electron chi connectivity index (χ0n) is 11.6. The topological polar surface area (TPSA) is 52.1 Å². The van der Waals surface area contributed by atoms with E-state index in [0.717, 1.165) is 0 Å². The van der Waals surface area contributed by atoms with Crippen LogP contribution in [0.4, 0.5) is 4.39 Å². The summed E-state index contributed by atoms with van der Waals surface area (Å²) in [6.07, 6.45) is 0.118. The van der Waals surface area contributed by atoms with Crippen LogP contribution in [0.15, 0.2) is 24.3 Å². The third-order valence-corrected chi connectivity index (χ3v) is 2.98. The molecule has 0 unspecified atom stereocenters. The minimum atomic E-state index is -0.474. The Labute approximate surface area is 116 Å². The van der Waals surface area contributed by atoms with E-state index in [1.54, 1.807) is 26.0 Å². The number of carbonyl (C=O) groups is 1. The molecule has 0 N–H and O–H groups in total. The van der Waals surface area contributed by atoms with Gasteiger partial charge in [0.1, 0.15) is 0 Å². The first-order valence-corrected chi connectivity index (χ1v) is 6.18. The average molecular weight is 274 g/mol. The van der Waals surface area contributed by atoms with Gasteiger partial charge >= 0.3 is 0 Å². The highest BCUT2D eigenvalue weighted by molar-refractivity contribution is 5.98. The largest absolute Gasteiger partial charge is 0.494 e. The minimum absolute atomic E-state index is 0.106. The summed E-state index contributed by atoms with van der Waals surface area (Å²) in [6, 6.07) is 6.20. The van der Waals surface area contributed by atoms with Crippen molar-refractivity contribution in [3.8, 4) is 5.75 Å². The summed E-state index contributed by atoms with van der Waals surface area (Å²) < 4.78 is 18.4. The normalized spacial score (nSPS) is 10.4. The molecule has 1 aromatic heterocycles. The molecule has 5 heteroatoms. The third kappa shape index (κ3) is 2.99. The maximum Gasteiger partial charge on any atom is 0.169 e. The van der Waals surface area contributed by atoms with E-state index in [4.69, 9.17) is 4.74 Å². The SMILES string of the molecule is COc1ccc(CC(=O)c2cc(C)nnc2C)cc1F. The molecule has 0 saturated carbocycles. The highest BCUT2D eigenvalue weighted by Crippen LogP contribution is 2.19. The monoisotopic (exact) mass is 274 g/mol. The van der Waals surface area contributed by atoms with Gasteiger partial charge in [-0.05, 0) is 37.6 Å². The van der Waals surface area contributed by atoms with E-state index in [-0.39, 0.29) is 18.0 Å². The first kappa shape index (κ1) is 14.1. The van der Waals surface area contributed by atoms with E-state index in [2.05, 4.69) is 10.2 Å². The van der Waals surface area contributed by atoms with E-state index in [9.17, 15) is 9.18 Å². The molecule has 0 saturated heterocycles. The zero-order chi connectivity index (χ0) is 14.7. The molecule has 0 spiro atoms. The van der Waals surface area contributed by atoms with Crippen LogP contribution in [0.5, 0.6) is 5.75 Å². The number of hydrogen-bond acceptors (Lipinski definition) is 4. The van der Waals surface area contributed by atoms with Crippen LogP contribution >= 0.6 is 0 Å². The predicted molar refractivity (Wildman–Crippen MR) is 72.5 cm³/mol. The van der Waals surface area contributed by atoms with E-state index < -0.39 is 5.82 Å². The van der Waals surface area contributed by atoms with E-state index in [1.807, 2.05) is 0 Å². The van der Waals surface area contributed by atoms with Crippen LogP contribution in [0.25, 0.3) is 0 Å². The Bertz CT molecular complexity index is 656. The molecule has 0 amide bonds. The van der Waals surface area contributed by atoms with Crippen LogP contribution < -0.4 is 4.74 Å². The summed E-state index contributed by atoms with van der Waals surface area (Å²) >= 11 is 0. The fraction of sp³-hybridized carbons (Fsp3) is 0.267. The fourth-order valence-electron chi connectivity index (χ4n) is 1.93. The number of methoxy groups -OCH3 is 1. The van der Waals surface area contributed by atoms with E-state index >= 15 is 0 Å². The number of carbonyl (C=O) groups excluding carboxylic acids is 1. The number of rotatable bonds is 4. The first-order chi connectivity index (χ1) is 9.51. The predicted octanol–water partition coefficient (Wildman–Crippen LogP) is 2.67. The number of aryl methyl sites for hydroxylation is 2. The molecule has 1 heterocycles. The standard InChI is InChI=1S/C15H15FN2O2/c1-9-6-12(10(2)18-17-9)14(19)8-11-4-5-15(20-3)13(16)7-11/h4-7H,8H2,1-3H3. The molecule has 0 aliphatic rings. The van der Waals surface area contributed by atoms with Crippen LogP contribution in [0.2, 0.25) is 0 Å². The molecule has 0 atom stereocenters. The molecule has 2 aromatic rings. The Morgan fingerprint density at radius 1 is 1.25 bits per heavy atom. The van der Waals surface area contributed by atoms with Crippen LogP contribution in [-0.2, 0) is 6.42 Å². The highest BCUT2D eigenvalue weighted by Gasteiger charge is 2.13. The number of hydrogen-bond donors (Lipinski definition) is 0. The Hall–Kier alpha value is -2.30. The minimum Gasteiger partial charge on any atom is -0.494 e. The fourth-order valence-corrected chi connectivity index (χ4v) is 1.93. The number of halogens is 1. The van der Waals surface area contributed by atoms with Crippen molar-refractivity contribution >= 4 is 5.78 Å². The summed E-state index contributed by atoms with van der Waals surface area (Å²) in [5, 5.41) is 7.81. The molecule has 0 radical (unpaired) electrons. The molecular weight excluding hydrogens is 259 g/mol. The summed E-state index contributed by atoms with van der Waals surface area (Å²) in [5.74, 6) is -0.414. The van der Waals surface area contributed by atoms with Gasteiger partial charge in [-0.25, -0.2) is 4.39 Å². The van der Waals surface area contributed by atoms with Crippen LogP contribution in [-0.4, -0.2) is 23.1 Å². The lowest BCUT2D eigenvalue weighted by molar-refractivity contribution is 0.0991. The van der Waals surface area contributed by atoms with Gasteiger partial charge in [0, 0.05) is 12.0 Å². The molecule has 2 rings (SSSR count). The lowest BCUT2D eigenvalue weighted by Crippen LogP contribution is -2.09. The quantitative estimate of drug-likeness (QED) is 0.804. The number of aromatic nitrogens is 2. The van der Waals surface area contributed by atoms with Crippen molar-refractivity contribution in [3.63, 3.8) is 0 Å². The van der Waals surface area contributed by atoms with Gasteiger partial charge < -0.3 is 4.74 Å². The van der Waals surface area contributed by atoms with Gasteiger partial charge in [0.25, 0.3) is 0 Å². The summed E-state index contributed by atoms with van der Waals surface area (Å²) in [5.41, 5.74) is 2.38. The second-order valence-corrected chi connectivity index (χ2v) is 4.55. The number of nitrogens with zero attached hydrogens (tertiary/aromatic N) is 2. The van der Waals surface area contributed by atoms with Crippen molar-refractivity contribution in [2.45, 2.75) is 20.3 Å². The Morgan fingerprint density at radius 2 is 2.00 bits per heavy atom. The molecule has 4 nitrogen and oxygen atoms in total. The summed E-state index contributed by atoms with van der Waals surface area (Å²) in [7, 11) is 1.40. The van der Waals surface area contributed by atoms with E-state index in [1.165, 1.54) is 19.2 Å². The van der Waals surface area contributed by atoms with Gasteiger partial charge in [0.15, 0.2) is 17.3 Å². The number of Topliss-reactive ketones (excluding diaryl/α,β-unsaturated/α-hetero) is 1. The first-order valence-electron chi connectivity index (χ1n) is 6.18. The Balaban J connectivity index is 2.23. The molecular formula is C15H15FN2O2. The zero-order valence-corrected chi connectivity index (χ0v) is 11.6. The van der Waals surface area contributed by atoms with Gasteiger partial charge in [-0.2, -0.15) is 10.2 Å². The average Bonchev–Trinajstić information content (AvgIpc) is 2.41. The second-order valence-electron chi connectivity index (χ2n) is 4.55. The van der Waals surface area contributed by atoms with Crippen LogP contribution in [0.1, 0.15) is 27.3 Å². The maximum atomic E-state index is 13.6. The Kier molecular flexibility index (Phi) is 4.08. The van der Waals surface area contributed by atoms with Crippen molar-refractivity contribution in [2.75, 3.05) is 7.11 Å². The molecule has 104 valence electrons. The molecule has 0 aliphatic heterocycles. The van der Waals surface area contributed by atoms with Crippen molar-refractivity contribution in [1.29, 1.82) is 0 Å². The van der Waals surface area contributed by atoms with E-state index in [0.29, 0.717) is 22.5 Å². The molecule has 0 fully saturated rings. The maximum absolute atomic E-state index is 13.6. The molecule has 0 bridgehead atoms. The summed E-state index contributed by atoms with van der Waals surface area (Å²) in [4.78, 5) is 12.2. The van der Waals surface area contributed by atoms with Crippen molar-refractivity contribution < 1.29 is 13.9 Å². The third-order valence-electron chi connectivity index (χ3n) is 2.98. The molecule has 20 heavy (non-hydrogen) atoms. The number of ketones is 1. The lowest BCUT2D eigenvalue weighted by Gasteiger charge is -2.06. The molecule has 0 aliphatic carbocycles. The van der Waals surface area contributed by atoms with Crippen molar-refractivity contribution in [1.82, 2.24) is 10.2 Å². The molecule has 1 aromatic carbocycles. The van der Waals surface area contributed by atoms with Crippen LogP contribution in [0.3, 0.4) is 0 Å². The van der Waals surface area contributed by atoms with Gasteiger partial charge in [-0.3, -0.25) is 4.79 Å². The lowest BCUT2D eigenvalue weighted by atomic mass is 10.0. The van der Waals surface area contributed by atoms with Gasteiger partial charge in [0.2, 0.25) is 0 Å². The van der Waals surface area contributed by atoms with Crippen molar-refractivity contribution in [2.24, 2.45) is 0 Å². The van der Waals surface area contributed by atoms with Gasteiger partial charge in [-0.15, -0.1) is 0 Å².